The van der Waals surface area contributed by atoms with Gasteiger partial charge in [0.1, 0.15) is 0 Å². The summed E-state index contributed by atoms with van der Waals surface area (Å²) in [6.07, 6.45) is 0.590. The second-order valence-corrected chi connectivity index (χ2v) is 2.73. The van der Waals surface area contributed by atoms with Crippen molar-refractivity contribution in [1.82, 2.24) is 0 Å². The first-order chi connectivity index (χ1) is 6.07. The van der Waals surface area contributed by atoms with Gasteiger partial charge in [-0.15, -0.1) is 11.5 Å². The molecule has 0 spiro atoms. The summed E-state index contributed by atoms with van der Waals surface area (Å²) in [5.41, 5.74) is -0.340. The van der Waals surface area contributed by atoms with E-state index in [9.17, 15) is 19.0 Å². The molecule has 0 aliphatic carbocycles. The minimum absolute atomic E-state index is 0.0949. The quantitative estimate of drug-likeness (QED) is 0.693. The summed E-state index contributed by atoms with van der Waals surface area (Å²) in [5.74, 6) is -4.34. The van der Waals surface area contributed by atoms with Gasteiger partial charge in [0.25, 0.3) is 0 Å². The SMILES string of the molecule is CCCc1c([O-])c([O-])cc(F)c1F. The van der Waals surface area contributed by atoms with E-state index in [-0.39, 0.29) is 12.0 Å². The third kappa shape index (κ3) is 1.71. The molecule has 0 N–H and O–H groups in total. The highest BCUT2D eigenvalue weighted by Gasteiger charge is 2.08. The molecule has 72 valence electrons. The van der Waals surface area contributed by atoms with Crippen LogP contribution in [0.2, 0.25) is 0 Å². The third-order valence-electron chi connectivity index (χ3n) is 1.73. The Bertz CT molecular complexity index is 298. The van der Waals surface area contributed by atoms with Crippen molar-refractivity contribution in [3.05, 3.63) is 23.3 Å². The predicted octanol–water partition coefficient (Wildman–Crippen LogP) is 1.06. The molecule has 0 atom stereocenters. The van der Waals surface area contributed by atoms with E-state index in [0.717, 1.165) is 0 Å². The molecule has 0 radical (unpaired) electrons. The maximum Gasteiger partial charge on any atom is 0.161 e. The van der Waals surface area contributed by atoms with Gasteiger partial charge >= 0.3 is 0 Å². The maximum atomic E-state index is 12.9. The predicted molar refractivity (Wildman–Crippen MR) is 39.2 cm³/mol. The van der Waals surface area contributed by atoms with Gasteiger partial charge in [0.2, 0.25) is 0 Å². The fraction of sp³-hybridized carbons (Fsp3) is 0.333. The smallest absolute Gasteiger partial charge is 0.161 e. The lowest BCUT2D eigenvalue weighted by Gasteiger charge is -2.22. The summed E-state index contributed by atoms with van der Waals surface area (Å²) in [6.45, 7) is 1.72. The van der Waals surface area contributed by atoms with Crippen LogP contribution in [0.3, 0.4) is 0 Å². The van der Waals surface area contributed by atoms with Crippen LogP contribution < -0.4 is 10.2 Å². The molecule has 0 heterocycles. The molecule has 1 aromatic carbocycles. The van der Waals surface area contributed by atoms with Gasteiger partial charge in [-0.3, -0.25) is 0 Å². The van der Waals surface area contributed by atoms with Crippen LogP contribution in [0.4, 0.5) is 8.78 Å². The van der Waals surface area contributed by atoms with E-state index < -0.39 is 23.1 Å². The summed E-state index contributed by atoms with van der Waals surface area (Å²) in [5, 5.41) is 21.8. The van der Waals surface area contributed by atoms with E-state index in [1.54, 1.807) is 6.92 Å². The zero-order valence-corrected chi connectivity index (χ0v) is 7.06. The Kier molecular flexibility index (Phi) is 2.70. The second kappa shape index (κ2) is 3.60. The molecule has 0 unspecified atom stereocenters. The van der Waals surface area contributed by atoms with Crippen LogP contribution in [0.1, 0.15) is 18.9 Å². The molecule has 2 nitrogen and oxygen atoms in total. The monoisotopic (exact) mass is 186 g/mol. The number of rotatable bonds is 2. The fourth-order valence-electron chi connectivity index (χ4n) is 1.11. The van der Waals surface area contributed by atoms with Crippen molar-refractivity contribution in [3.8, 4) is 11.5 Å². The van der Waals surface area contributed by atoms with Crippen molar-refractivity contribution in [3.63, 3.8) is 0 Å². The Hall–Kier alpha value is -1.32. The normalized spacial score (nSPS) is 10.4. The van der Waals surface area contributed by atoms with Crippen molar-refractivity contribution < 1.29 is 19.0 Å². The average molecular weight is 186 g/mol. The molecule has 0 saturated carbocycles. The number of hydrogen-bond donors (Lipinski definition) is 0. The topological polar surface area (TPSA) is 46.1 Å². The van der Waals surface area contributed by atoms with Gasteiger partial charge in [-0.2, -0.15) is 0 Å². The van der Waals surface area contributed by atoms with Crippen LogP contribution >= 0.6 is 0 Å². The van der Waals surface area contributed by atoms with Gasteiger partial charge in [-0.05, 0) is 18.1 Å². The lowest BCUT2D eigenvalue weighted by atomic mass is 10.1. The molecular formula is C9H8F2O2-2. The van der Waals surface area contributed by atoms with E-state index in [1.165, 1.54) is 0 Å². The number of benzene rings is 1. The van der Waals surface area contributed by atoms with Crippen LogP contribution in [0.15, 0.2) is 6.07 Å². The minimum Gasteiger partial charge on any atom is -0.873 e. The van der Waals surface area contributed by atoms with Crippen LogP contribution in [0, 0.1) is 11.6 Å². The van der Waals surface area contributed by atoms with Gasteiger partial charge in [0.05, 0.1) is 0 Å². The molecule has 1 aromatic rings. The lowest BCUT2D eigenvalue weighted by Crippen LogP contribution is -2.07. The summed E-state index contributed by atoms with van der Waals surface area (Å²) in [7, 11) is 0. The average Bonchev–Trinajstić information content (AvgIpc) is 2.09. The zero-order valence-electron chi connectivity index (χ0n) is 7.06. The van der Waals surface area contributed by atoms with Crippen LogP contribution in [-0.4, -0.2) is 0 Å². The van der Waals surface area contributed by atoms with Crippen LogP contribution in [-0.2, 0) is 6.42 Å². The van der Waals surface area contributed by atoms with Crippen molar-refractivity contribution in [1.29, 1.82) is 0 Å². The third-order valence-corrected chi connectivity index (χ3v) is 1.73. The Morgan fingerprint density at radius 1 is 1.31 bits per heavy atom. The Labute approximate surface area is 74.4 Å². The molecule has 0 aliphatic heterocycles. The highest BCUT2D eigenvalue weighted by molar-refractivity contribution is 5.44. The van der Waals surface area contributed by atoms with Gasteiger partial charge in [0.15, 0.2) is 11.6 Å². The van der Waals surface area contributed by atoms with Crippen molar-refractivity contribution in [2.45, 2.75) is 19.8 Å². The summed E-state index contributed by atoms with van der Waals surface area (Å²) in [6, 6.07) is 0.386. The van der Waals surface area contributed by atoms with E-state index in [2.05, 4.69) is 0 Å². The second-order valence-electron chi connectivity index (χ2n) is 2.73. The molecule has 0 bridgehead atoms. The zero-order chi connectivity index (χ0) is 10.0. The Morgan fingerprint density at radius 2 is 1.92 bits per heavy atom. The molecule has 0 saturated heterocycles. The van der Waals surface area contributed by atoms with Crippen molar-refractivity contribution >= 4 is 0 Å². The highest BCUT2D eigenvalue weighted by atomic mass is 19.2. The van der Waals surface area contributed by atoms with Gasteiger partial charge in [-0.25, -0.2) is 8.78 Å². The first kappa shape index (κ1) is 9.77. The van der Waals surface area contributed by atoms with E-state index in [0.29, 0.717) is 12.5 Å². The van der Waals surface area contributed by atoms with E-state index in [1.807, 2.05) is 0 Å². The molecule has 13 heavy (non-hydrogen) atoms. The van der Waals surface area contributed by atoms with Gasteiger partial charge in [0, 0.05) is 0 Å². The van der Waals surface area contributed by atoms with Gasteiger partial charge < -0.3 is 10.2 Å². The standard InChI is InChI=1S/C9H10F2O2/c1-2-3-5-8(11)6(10)4-7(12)9(5)13/h4,12-13H,2-3H2,1H3/p-2. The molecule has 0 aromatic heterocycles. The van der Waals surface area contributed by atoms with Crippen LogP contribution in [0.5, 0.6) is 11.5 Å². The minimum atomic E-state index is -1.24. The number of hydrogen-bond acceptors (Lipinski definition) is 2. The summed E-state index contributed by atoms with van der Waals surface area (Å²) < 4.78 is 25.5. The highest BCUT2D eigenvalue weighted by Crippen LogP contribution is 2.28. The summed E-state index contributed by atoms with van der Waals surface area (Å²) in [4.78, 5) is 0. The molecular weight excluding hydrogens is 178 g/mol. The molecule has 1 rings (SSSR count). The summed E-state index contributed by atoms with van der Waals surface area (Å²) >= 11 is 0. The fourth-order valence-corrected chi connectivity index (χ4v) is 1.11. The first-order valence-electron chi connectivity index (χ1n) is 3.92. The lowest BCUT2D eigenvalue weighted by molar-refractivity contribution is -0.318. The first-order valence-corrected chi connectivity index (χ1v) is 3.92. The number of halogens is 2. The van der Waals surface area contributed by atoms with Crippen molar-refractivity contribution in [2.75, 3.05) is 0 Å². The maximum absolute atomic E-state index is 12.9. The van der Waals surface area contributed by atoms with E-state index in [4.69, 9.17) is 0 Å². The van der Waals surface area contributed by atoms with E-state index >= 15 is 0 Å². The van der Waals surface area contributed by atoms with Crippen LogP contribution in [0.25, 0.3) is 0 Å². The van der Waals surface area contributed by atoms with Crippen molar-refractivity contribution in [2.24, 2.45) is 0 Å². The molecule has 0 fully saturated rings. The molecule has 0 amide bonds. The Balaban J connectivity index is 3.28. The Morgan fingerprint density at radius 3 is 2.46 bits per heavy atom. The largest absolute Gasteiger partial charge is 0.873 e. The van der Waals surface area contributed by atoms with Gasteiger partial charge in [-0.1, -0.05) is 13.3 Å². The molecule has 0 aliphatic rings. The molecule has 4 heteroatoms.